The van der Waals surface area contributed by atoms with Crippen LogP contribution in [0.25, 0.3) is 0 Å². The van der Waals surface area contributed by atoms with Crippen LogP contribution in [0.4, 0.5) is 0 Å². The SMILES string of the molecule is Cc1nc(Sc2ccc(Cl)cn2)nc(C)c1C. The van der Waals surface area contributed by atoms with Crippen molar-refractivity contribution < 1.29 is 0 Å². The molecule has 5 heteroatoms. The minimum absolute atomic E-state index is 0.631. The van der Waals surface area contributed by atoms with Crippen molar-refractivity contribution in [3.05, 3.63) is 40.3 Å². The van der Waals surface area contributed by atoms with Gasteiger partial charge in [-0.1, -0.05) is 11.6 Å². The summed E-state index contributed by atoms with van der Waals surface area (Å²) in [5.74, 6) is 0. The van der Waals surface area contributed by atoms with Gasteiger partial charge in [0.05, 0.1) is 5.02 Å². The van der Waals surface area contributed by atoms with Crippen LogP contribution in [-0.4, -0.2) is 15.0 Å². The maximum atomic E-state index is 5.78. The summed E-state index contributed by atoms with van der Waals surface area (Å²) in [5.41, 5.74) is 3.15. The number of aromatic nitrogens is 3. The fraction of sp³-hybridized carbons (Fsp3) is 0.250. The summed E-state index contributed by atoms with van der Waals surface area (Å²) < 4.78 is 0. The fourth-order valence-electron chi connectivity index (χ4n) is 1.30. The normalized spacial score (nSPS) is 10.6. The lowest BCUT2D eigenvalue weighted by atomic mass is 10.2. The first kappa shape index (κ1) is 12.3. The van der Waals surface area contributed by atoms with Crippen LogP contribution in [-0.2, 0) is 0 Å². The topological polar surface area (TPSA) is 38.7 Å². The van der Waals surface area contributed by atoms with Crippen molar-refractivity contribution in [2.24, 2.45) is 0 Å². The Hall–Kier alpha value is -1.13. The van der Waals surface area contributed by atoms with Crippen molar-refractivity contribution in [1.82, 2.24) is 15.0 Å². The molecule has 0 aliphatic rings. The minimum Gasteiger partial charge on any atom is -0.248 e. The summed E-state index contributed by atoms with van der Waals surface area (Å²) in [5, 5.41) is 2.20. The van der Waals surface area contributed by atoms with Crippen LogP contribution in [0.2, 0.25) is 5.02 Å². The number of nitrogens with zero attached hydrogens (tertiary/aromatic N) is 3. The third kappa shape index (κ3) is 2.96. The molecule has 0 spiro atoms. The van der Waals surface area contributed by atoms with Gasteiger partial charge in [-0.3, -0.25) is 0 Å². The molecule has 0 N–H and O–H groups in total. The third-order valence-corrected chi connectivity index (χ3v) is 3.55. The molecule has 0 amide bonds. The van der Waals surface area contributed by atoms with Crippen LogP contribution in [0, 0.1) is 20.8 Å². The Labute approximate surface area is 110 Å². The predicted molar refractivity (Wildman–Crippen MR) is 69.6 cm³/mol. The molecule has 3 nitrogen and oxygen atoms in total. The van der Waals surface area contributed by atoms with Gasteiger partial charge in [0.1, 0.15) is 5.03 Å². The molecule has 88 valence electrons. The van der Waals surface area contributed by atoms with Crippen molar-refractivity contribution in [3.63, 3.8) is 0 Å². The van der Waals surface area contributed by atoms with Crippen molar-refractivity contribution >= 4 is 23.4 Å². The van der Waals surface area contributed by atoms with Crippen molar-refractivity contribution in [2.45, 2.75) is 31.0 Å². The number of hydrogen-bond donors (Lipinski definition) is 0. The molecule has 0 fully saturated rings. The van der Waals surface area contributed by atoms with E-state index in [1.54, 1.807) is 6.20 Å². The molecule has 2 heterocycles. The van der Waals surface area contributed by atoms with Gasteiger partial charge in [0.15, 0.2) is 5.16 Å². The van der Waals surface area contributed by atoms with E-state index in [1.807, 2.05) is 32.9 Å². The van der Waals surface area contributed by atoms with Gasteiger partial charge in [0, 0.05) is 17.6 Å². The average Bonchev–Trinajstić information content (AvgIpc) is 2.29. The molecule has 17 heavy (non-hydrogen) atoms. The van der Waals surface area contributed by atoms with Crippen LogP contribution in [0.3, 0.4) is 0 Å². The van der Waals surface area contributed by atoms with E-state index in [9.17, 15) is 0 Å². The summed E-state index contributed by atoms with van der Waals surface area (Å²) in [6, 6.07) is 3.67. The molecule has 0 aromatic carbocycles. The van der Waals surface area contributed by atoms with E-state index in [0.29, 0.717) is 5.02 Å². The summed E-state index contributed by atoms with van der Waals surface area (Å²) in [7, 11) is 0. The molecular formula is C12H12ClN3S. The van der Waals surface area contributed by atoms with E-state index < -0.39 is 0 Å². The molecule has 0 aliphatic carbocycles. The first-order valence-corrected chi connectivity index (χ1v) is 6.37. The Balaban J connectivity index is 2.27. The lowest BCUT2D eigenvalue weighted by Crippen LogP contribution is -1.98. The van der Waals surface area contributed by atoms with Gasteiger partial charge in [0.2, 0.25) is 0 Å². The lowest BCUT2D eigenvalue weighted by molar-refractivity contribution is 0.878. The monoisotopic (exact) mass is 265 g/mol. The molecule has 0 radical (unpaired) electrons. The number of halogens is 1. The molecule has 2 aromatic heterocycles. The molecule has 2 aromatic rings. The number of rotatable bonds is 2. The Morgan fingerprint density at radius 2 is 1.71 bits per heavy atom. The Bertz CT molecular complexity index is 517. The highest BCUT2D eigenvalue weighted by atomic mass is 35.5. The molecule has 0 saturated carbocycles. The molecule has 0 saturated heterocycles. The second kappa shape index (κ2) is 5.02. The van der Waals surface area contributed by atoms with Crippen molar-refractivity contribution in [3.8, 4) is 0 Å². The maximum Gasteiger partial charge on any atom is 0.194 e. The van der Waals surface area contributed by atoms with Crippen LogP contribution < -0.4 is 0 Å². The fourth-order valence-corrected chi connectivity index (χ4v) is 2.21. The standard InChI is InChI=1S/C12H12ClN3S/c1-7-8(2)15-12(16-9(7)3)17-11-5-4-10(13)6-14-11/h4-6H,1-3H3. The first-order valence-electron chi connectivity index (χ1n) is 5.17. The van der Waals surface area contributed by atoms with E-state index in [2.05, 4.69) is 15.0 Å². The van der Waals surface area contributed by atoms with E-state index in [-0.39, 0.29) is 0 Å². The molecular weight excluding hydrogens is 254 g/mol. The average molecular weight is 266 g/mol. The zero-order chi connectivity index (χ0) is 12.4. The van der Waals surface area contributed by atoms with Crippen LogP contribution in [0.1, 0.15) is 17.0 Å². The zero-order valence-electron chi connectivity index (χ0n) is 9.86. The Morgan fingerprint density at radius 3 is 2.24 bits per heavy atom. The third-order valence-electron chi connectivity index (χ3n) is 2.51. The second-order valence-corrected chi connectivity index (χ2v) is 5.14. The van der Waals surface area contributed by atoms with Crippen molar-refractivity contribution in [2.75, 3.05) is 0 Å². The molecule has 0 atom stereocenters. The Kier molecular flexibility index (Phi) is 3.64. The van der Waals surface area contributed by atoms with Gasteiger partial charge in [-0.2, -0.15) is 0 Å². The van der Waals surface area contributed by atoms with Crippen LogP contribution in [0.15, 0.2) is 28.5 Å². The van der Waals surface area contributed by atoms with Gasteiger partial charge in [-0.05, 0) is 50.2 Å². The highest BCUT2D eigenvalue weighted by Gasteiger charge is 2.06. The number of aryl methyl sites for hydroxylation is 2. The van der Waals surface area contributed by atoms with Gasteiger partial charge >= 0.3 is 0 Å². The second-order valence-electron chi connectivity index (χ2n) is 3.72. The zero-order valence-corrected chi connectivity index (χ0v) is 11.4. The summed E-state index contributed by atoms with van der Waals surface area (Å²) in [6.07, 6.45) is 1.62. The molecule has 0 bridgehead atoms. The predicted octanol–water partition coefficient (Wildman–Crippen LogP) is 3.60. The van der Waals surface area contributed by atoms with Gasteiger partial charge in [0.25, 0.3) is 0 Å². The van der Waals surface area contributed by atoms with Crippen LogP contribution >= 0.6 is 23.4 Å². The molecule has 0 unspecified atom stereocenters. The maximum absolute atomic E-state index is 5.78. The minimum atomic E-state index is 0.631. The van der Waals surface area contributed by atoms with Gasteiger partial charge in [-0.15, -0.1) is 0 Å². The van der Waals surface area contributed by atoms with E-state index in [4.69, 9.17) is 11.6 Å². The smallest absolute Gasteiger partial charge is 0.194 e. The van der Waals surface area contributed by atoms with E-state index >= 15 is 0 Å². The van der Waals surface area contributed by atoms with Crippen molar-refractivity contribution in [1.29, 1.82) is 0 Å². The van der Waals surface area contributed by atoms with E-state index in [0.717, 1.165) is 27.1 Å². The first-order chi connectivity index (χ1) is 8.06. The van der Waals surface area contributed by atoms with Gasteiger partial charge in [-0.25, -0.2) is 15.0 Å². The Morgan fingerprint density at radius 1 is 1.06 bits per heavy atom. The summed E-state index contributed by atoms with van der Waals surface area (Å²) in [6.45, 7) is 6.01. The summed E-state index contributed by atoms with van der Waals surface area (Å²) >= 11 is 7.22. The molecule has 2 rings (SSSR count). The van der Waals surface area contributed by atoms with Gasteiger partial charge < -0.3 is 0 Å². The molecule has 0 aliphatic heterocycles. The highest BCUT2D eigenvalue weighted by molar-refractivity contribution is 7.99. The quantitative estimate of drug-likeness (QED) is 0.778. The number of pyridine rings is 1. The largest absolute Gasteiger partial charge is 0.248 e. The van der Waals surface area contributed by atoms with E-state index in [1.165, 1.54) is 11.8 Å². The van der Waals surface area contributed by atoms with Crippen LogP contribution in [0.5, 0.6) is 0 Å². The lowest BCUT2D eigenvalue weighted by Gasteiger charge is -2.06. The summed E-state index contributed by atoms with van der Waals surface area (Å²) in [4.78, 5) is 13.1. The highest BCUT2D eigenvalue weighted by Crippen LogP contribution is 2.24. The number of hydrogen-bond acceptors (Lipinski definition) is 4.